The van der Waals surface area contributed by atoms with Gasteiger partial charge in [-0.25, -0.2) is 9.97 Å². The van der Waals surface area contributed by atoms with Crippen LogP contribution in [0.25, 0.3) is 107 Å². The number of rotatable bonds is 3. The highest BCUT2D eigenvalue weighted by Crippen LogP contribution is 2.43. The first-order chi connectivity index (χ1) is 25.8. The zero-order chi connectivity index (χ0) is 33.9. The summed E-state index contributed by atoms with van der Waals surface area (Å²) in [5, 5.41) is 9.67. The highest BCUT2D eigenvalue weighted by Gasteiger charge is 2.22. The van der Waals surface area contributed by atoms with Gasteiger partial charge in [0.1, 0.15) is 4.83 Å². The third-order valence-electron chi connectivity index (χ3n) is 10.6. The lowest BCUT2D eigenvalue weighted by molar-refractivity contribution is 1.02. The number of benzene rings is 7. The second-order valence-electron chi connectivity index (χ2n) is 13.4. The van der Waals surface area contributed by atoms with Crippen LogP contribution in [0.3, 0.4) is 0 Å². The van der Waals surface area contributed by atoms with E-state index in [1.165, 1.54) is 62.8 Å². The Bertz CT molecular complexity index is 3420. The molecule has 4 nitrogen and oxygen atoms in total. The summed E-state index contributed by atoms with van der Waals surface area (Å²) in [6.45, 7) is 0. The molecule has 0 saturated heterocycles. The lowest BCUT2D eigenvalue weighted by atomic mass is 10.0. The maximum Gasteiger partial charge on any atom is 0.236 e. The molecule has 0 aliphatic carbocycles. The van der Waals surface area contributed by atoms with Crippen molar-refractivity contribution in [2.45, 2.75) is 0 Å². The molecule has 5 heterocycles. The van der Waals surface area contributed by atoms with Gasteiger partial charge in [-0.2, -0.15) is 0 Å². The normalized spacial score (nSPS) is 12.2. The molecule has 0 aliphatic heterocycles. The summed E-state index contributed by atoms with van der Waals surface area (Å²) >= 11 is 3.59. The second kappa shape index (κ2) is 10.6. The highest BCUT2D eigenvalue weighted by molar-refractivity contribution is 7.26. The first-order valence-electron chi connectivity index (χ1n) is 17.4. The number of para-hydroxylation sites is 3. The van der Waals surface area contributed by atoms with Crippen LogP contribution in [0.15, 0.2) is 158 Å². The van der Waals surface area contributed by atoms with Gasteiger partial charge in [-0.1, -0.05) is 97.1 Å². The molecule has 6 heteroatoms. The van der Waals surface area contributed by atoms with E-state index in [-0.39, 0.29) is 0 Å². The Kier molecular flexibility index (Phi) is 5.78. The third kappa shape index (κ3) is 3.90. The van der Waals surface area contributed by atoms with Crippen molar-refractivity contribution in [1.29, 1.82) is 0 Å². The van der Waals surface area contributed by atoms with Crippen molar-refractivity contribution in [2.75, 3.05) is 0 Å². The molecule has 0 saturated carbocycles. The minimum absolute atomic E-state index is 0.686. The fourth-order valence-corrected chi connectivity index (χ4v) is 10.5. The predicted molar refractivity (Wildman–Crippen MR) is 222 cm³/mol. The molecule has 242 valence electrons. The quantitative estimate of drug-likeness (QED) is 0.184. The van der Waals surface area contributed by atoms with Gasteiger partial charge in [0.25, 0.3) is 0 Å². The van der Waals surface area contributed by atoms with E-state index in [0.29, 0.717) is 5.95 Å². The Labute approximate surface area is 305 Å². The number of aromatic nitrogens is 4. The molecule has 0 amide bonds. The summed E-state index contributed by atoms with van der Waals surface area (Å²) < 4.78 is 8.45. The maximum atomic E-state index is 5.57. The van der Waals surface area contributed by atoms with E-state index >= 15 is 0 Å². The summed E-state index contributed by atoms with van der Waals surface area (Å²) in [5.74, 6) is 0.686. The molecule has 0 aliphatic rings. The van der Waals surface area contributed by atoms with Crippen LogP contribution in [0.4, 0.5) is 0 Å². The fraction of sp³-hybridized carbons (Fsp3) is 0. The molecule has 52 heavy (non-hydrogen) atoms. The molecule has 0 bridgehead atoms. The minimum Gasteiger partial charge on any atom is -0.309 e. The van der Waals surface area contributed by atoms with E-state index in [1.54, 1.807) is 11.3 Å². The summed E-state index contributed by atoms with van der Waals surface area (Å²) in [6.07, 6.45) is 0. The molecule has 0 fully saturated rings. The van der Waals surface area contributed by atoms with Crippen molar-refractivity contribution in [1.82, 2.24) is 19.1 Å². The first-order valence-corrected chi connectivity index (χ1v) is 19.0. The van der Waals surface area contributed by atoms with E-state index in [9.17, 15) is 0 Å². The Hall–Kier alpha value is -6.34. The molecule has 12 aromatic rings. The summed E-state index contributed by atoms with van der Waals surface area (Å²) in [4.78, 5) is 12.0. The van der Waals surface area contributed by atoms with Crippen molar-refractivity contribution in [2.24, 2.45) is 0 Å². The van der Waals surface area contributed by atoms with Gasteiger partial charge < -0.3 is 4.57 Å². The molecule has 0 atom stereocenters. The Morgan fingerprint density at radius 3 is 1.79 bits per heavy atom. The third-order valence-corrected chi connectivity index (χ3v) is 12.8. The topological polar surface area (TPSA) is 35.6 Å². The summed E-state index contributed by atoms with van der Waals surface area (Å²) in [6, 6.07) is 56.9. The van der Waals surface area contributed by atoms with Gasteiger partial charge in [0, 0.05) is 68.4 Å². The van der Waals surface area contributed by atoms with E-state index in [2.05, 4.69) is 167 Å². The SMILES string of the molecule is c1ccc(-n2c3ccccc3c3cc(-c4nc(-n5c6ccccc6c6cc7sc8ccccc8c7cc65)nc5sc6ccccc6c45)ccc32)cc1. The standard InChI is InChI=1S/C46H26N4S2/c1-2-12-28(13-3-1)49-36-18-8-4-14-29(36)33-24-27(22-23-38(33)49)44-43-32-17-7-11-21-41(32)52-45(43)48-46(47-44)50-37-19-9-5-15-30(37)34-26-42-35(25-39(34)50)31-16-6-10-20-40(31)51-42/h1-26H. The van der Waals surface area contributed by atoms with Crippen molar-refractivity contribution in [3.05, 3.63) is 158 Å². The zero-order valence-corrected chi connectivity index (χ0v) is 29.2. The molecule has 12 rings (SSSR count). The Morgan fingerprint density at radius 2 is 1.00 bits per heavy atom. The highest BCUT2D eigenvalue weighted by atomic mass is 32.1. The van der Waals surface area contributed by atoms with E-state index in [0.717, 1.165) is 38.2 Å². The predicted octanol–water partition coefficient (Wildman–Crippen LogP) is 13.1. The van der Waals surface area contributed by atoms with Crippen LogP contribution in [0.2, 0.25) is 0 Å². The molecule has 0 radical (unpaired) electrons. The molecular formula is C46H26N4S2. The van der Waals surface area contributed by atoms with Crippen LogP contribution in [0, 0.1) is 0 Å². The van der Waals surface area contributed by atoms with Crippen LogP contribution in [0.5, 0.6) is 0 Å². The van der Waals surface area contributed by atoms with Crippen molar-refractivity contribution < 1.29 is 0 Å². The Morgan fingerprint density at radius 1 is 0.385 bits per heavy atom. The smallest absolute Gasteiger partial charge is 0.236 e. The van der Waals surface area contributed by atoms with Gasteiger partial charge >= 0.3 is 0 Å². The van der Waals surface area contributed by atoms with Crippen molar-refractivity contribution in [3.63, 3.8) is 0 Å². The first kappa shape index (κ1) is 28.4. The van der Waals surface area contributed by atoms with Crippen LogP contribution >= 0.6 is 22.7 Å². The second-order valence-corrected chi connectivity index (χ2v) is 15.5. The minimum atomic E-state index is 0.686. The van der Waals surface area contributed by atoms with Gasteiger partial charge in [0.15, 0.2) is 0 Å². The van der Waals surface area contributed by atoms with Crippen LogP contribution in [-0.2, 0) is 0 Å². The van der Waals surface area contributed by atoms with Crippen LogP contribution in [0.1, 0.15) is 0 Å². The monoisotopic (exact) mass is 698 g/mol. The molecule has 0 N–H and O–H groups in total. The Balaban J connectivity index is 1.18. The summed E-state index contributed by atoms with van der Waals surface area (Å²) in [5.41, 5.74) is 7.75. The molecule has 0 spiro atoms. The molecule has 0 unspecified atom stereocenters. The number of thiophene rings is 2. The average molecular weight is 699 g/mol. The largest absolute Gasteiger partial charge is 0.309 e. The average Bonchev–Trinajstić information content (AvgIpc) is 3.94. The lowest BCUT2D eigenvalue weighted by Gasteiger charge is -2.11. The van der Waals surface area contributed by atoms with Crippen molar-refractivity contribution in [3.8, 4) is 22.9 Å². The van der Waals surface area contributed by atoms with Crippen molar-refractivity contribution >= 4 is 107 Å². The molecular weight excluding hydrogens is 673 g/mol. The van der Waals surface area contributed by atoms with E-state index < -0.39 is 0 Å². The number of hydrogen-bond donors (Lipinski definition) is 0. The zero-order valence-electron chi connectivity index (χ0n) is 27.6. The van der Waals surface area contributed by atoms with E-state index in [4.69, 9.17) is 9.97 Å². The fourth-order valence-electron chi connectivity index (χ4n) is 8.30. The van der Waals surface area contributed by atoms with Gasteiger partial charge in [-0.15, -0.1) is 22.7 Å². The lowest BCUT2D eigenvalue weighted by Crippen LogP contribution is -2.02. The molecule has 5 aromatic heterocycles. The number of nitrogens with zero attached hydrogens (tertiary/aromatic N) is 4. The van der Waals surface area contributed by atoms with Gasteiger partial charge in [0.2, 0.25) is 5.95 Å². The van der Waals surface area contributed by atoms with Crippen LogP contribution < -0.4 is 0 Å². The van der Waals surface area contributed by atoms with E-state index in [1.807, 2.05) is 11.3 Å². The van der Waals surface area contributed by atoms with Crippen LogP contribution in [-0.4, -0.2) is 19.1 Å². The maximum absolute atomic E-state index is 5.57. The van der Waals surface area contributed by atoms with Gasteiger partial charge in [-0.3, -0.25) is 4.57 Å². The summed E-state index contributed by atoms with van der Waals surface area (Å²) in [7, 11) is 0. The van der Waals surface area contributed by atoms with Gasteiger partial charge in [-0.05, 0) is 60.7 Å². The molecule has 7 aromatic carbocycles. The number of hydrogen-bond acceptors (Lipinski definition) is 4. The van der Waals surface area contributed by atoms with Gasteiger partial charge in [0.05, 0.1) is 27.8 Å². The number of fused-ring (bicyclic) bond motifs is 12.